The van der Waals surface area contributed by atoms with Crippen molar-refractivity contribution < 1.29 is 14.3 Å². The molecule has 0 radical (unpaired) electrons. The number of fused-ring (bicyclic) bond motifs is 1. The molecule has 136 valence electrons. The summed E-state index contributed by atoms with van der Waals surface area (Å²) in [5, 5.41) is 7.42. The van der Waals surface area contributed by atoms with Gasteiger partial charge in [0.1, 0.15) is 24.7 Å². The predicted molar refractivity (Wildman–Crippen MR) is 97.9 cm³/mol. The largest absolute Gasteiger partial charge is 0.493 e. The molecule has 7 heteroatoms. The molecule has 2 aromatic rings. The number of nitrogens with one attached hydrogen (secondary N) is 1. The van der Waals surface area contributed by atoms with E-state index >= 15 is 0 Å². The van der Waals surface area contributed by atoms with Crippen molar-refractivity contribution in [2.75, 3.05) is 18.5 Å². The van der Waals surface area contributed by atoms with Gasteiger partial charge in [-0.15, -0.1) is 0 Å². The van der Waals surface area contributed by atoms with Gasteiger partial charge in [-0.3, -0.25) is 0 Å². The number of esters is 1. The maximum atomic E-state index is 12.7. The summed E-state index contributed by atoms with van der Waals surface area (Å²) in [6.07, 6.45) is 3.88. The Morgan fingerprint density at radius 3 is 3.00 bits per heavy atom. The summed E-state index contributed by atoms with van der Waals surface area (Å²) in [4.78, 5) is 17.0. The van der Waals surface area contributed by atoms with Crippen LogP contribution in [0.4, 0.5) is 5.95 Å². The van der Waals surface area contributed by atoms with E-state index in [4.69, 9.17) is 9.47 Å². The lowest BCUT2D eigenvalue weighted by molar-refractivity contribution is -0.138. The third-order valence-electron chi connectivity index (χ3n) is 4.02. The van der Waals surface area contributed by atoms with Crippen molar-refractivity contribution in [2.24, 2.45) is 0 Å². The molecule has 2 heterocycles. The second-order valence-corrected chi connectivity index (χ2v) is 5.87. The summed E-state index contributed by atoms with van der Waals surface area (Å²) in [5.74, 6) is 0.855. The van der Waals surface area contributed by atoms with E-state index in [0.29, 0.717) is 29.6 Å². The first-order valence-electron chi connectivity index (χ1n) is 8.54. The molecule has 0 bridgehead atoms. The molecule has 0 spiro atoms. The van der Waals surface area contributed by atoms with Crippen LogP contribution in [-0.4, -0.2) is 33.9 Å². The predicted octanol–water partition coefficient (Wildman–Crippen LogP) is 3.09. The number of anilines is 1. The van der Waals surface area contributed by atoms with Crippen molar-refractivity contribution in [3.63, 3.8) is 0 Å². The third-order valence-corrected chi connectivity index (χ3v) is 4.02. The number of ether oxygens (including phenoxy) is 2. The van der Waals surface area contributed by atoms with Crippen molar-refractivity contribution in [3.05, 3.63) is 60.1 Å². The maximum Gasteiger partial charge on any atom is 0.338 e. The minimum absolute atomic E-state index is 0.139. The van der Waals surface area contributed by atoms with Gasteiger partial charge in [-0.2, -0.15) is 10.1 Å². The Kier molecular flexibility index (Phi) is 5.36. The number of carbonyl (C=O) groups excluding carboxylic acids is 1. The fraction of sp³-hybridized carbons (Fsp3) is 0.316. The minimum atomic E-state index is -0.487. The van der Waals surface area contributed by atoms with Gasteiger partial charge in [-0.05, 0) is 19.4 Å². The SMILES string of the molecule is C=CCOC(=O)C1=C(C)Nc2ncnn2C1c1ccccc1OCCC. The average Bonchev–Trinajstić information content (AvgIpc) is 3.11. The highest BCUT2D eigenvalue weighted by atomic mass is 16.5. The van der Waals surface area contributed by atoms with Gasteiger partial charge in [0, 0.05) is 11.3 Å². The maximum absolute atomic E-state index is 12.7. The molecule has 1 aromatic heterocycles. The van der Waals surface area contributed by atoms with Crippen LogP contribution in [-0.2, 0) is 9.53 Å². The summed E-state index contributed by atoms with van der Waals surface area (Å²) < 4.78 is 12.9. The quantitative estimate of drug-likeness (QED) is 0.608. The number of rotatable bonds is 7. The number of aromatic nitrogens is 3. The number of allylic oxidation sites excluding steroid dienone is 1. The molecule has 1 aromatic carbocycles. The van der Waals surface area contributed by atoms with Gasteiger partial charge in [0.05, 0.1) is 12.2 Å². The van der Waals surface area contributed by atoms with Gasteiger partial charge >= 0.3 is 5.97 Å². The van der Waals surface area contributed by atoms with Crippen LogP contribution >= 0.6 is 0 Å². The Labute approximate surface area is 152 Å². The molecular weight excluding hydrogens is 332 g/mol. The van der Waals surface area contributed by atoms with E-state index in [-0.39, 0.29) is 6.61 Å². The van der Waals surface area contributed by atoms with Crippen LogP contribution < -0.4 is 10.1 Å². The van der Waals surface area contributed by atoms with Crippen molar-refractivity contribution >= 4 is 11.9 Å². The Bertz CT molecular complexity index is 841. The number of carbonyl (C=O) groups is 1. The van der Waals surface area contributed by atoms with E-state index in [1.807, 2.05) is 38.1 Å². The number of hydrogen-bond acceptors (Lipinski definition) is 6. The van der Waals surface area contributed by atoms with Crippen LogP contribution in [0.15, 0.2) is 54.5 Å². The van der Waals surface area contributed by atoms with Crippen LogP contribution in [0.5, 0.6) is 5.75 Å². The third kappa shape index (κ3) is 3.33. The standard InChI is InChI=1S/C19H22N4O3/c1-4-10-25-15-9-7-6-8-14(15)17-16(18(24)26-11-5-2)13(3)22-19-20-12-21-23(17)19/h5-9,12,17H,2,4,10-11H2,1,3H3,(H,20,21,22). The molecule has 0 aliphatic carbocycles. The molecule has 1 aliphatic rings. The Balaban J connectivity index is 2.10. The topological polar surface area (TPSA) is 78.3 Å². The minimum Gasteiger partial charge on any atom is -0.493 e. The van der Waals surface area contributed by atoms with Crippen LogP contribution in [0.1, 0.15) is 31.9 Å². The zero-order chi connectivity index (χ0) is 18.5. The highest BCUT2D eigenvalue weighted by Crippen LogP contribution is 2.39. The fourth-order valence-electron chi connectivity index (χ4n) is 2.91. The number of para-hydroxylation sites is 1. The molecule has 0 saturated heterocycles. The number of hydrogen-bond donors (Lipinski definition) is 1. The molecule has 0 fully saturated rings. The van der Waals surface area contributed by atoms with E-state index in [1.165, 1.54) is 12.4 Å². The summed E-state index contributed by atoms with van der Waals surface area (Å²) in [6, 6.07) is 7.16. The van der Waals surface area contributed by atoms with Gasteiger partial charge in [0.25, 0.3) is 0 Å². The molecule has 26 heavy (non-hydrogen) atoms. The lowest BCUT2D eigenvalue weighted by Crippen LogP contribution is -2.30. The molecular formula is C19H22N4O3. The molecule has 0 saturated carbocycles. The van der Waals surface area contributed by atoms with Crippen LogP contribution in [0.25, 0.3) is 0 Å². The van der Waals surface area contributed by atoms with Gasteiger partial charge in [0.15, 0.2) is 0 Å². The van der Waals surface area contributed by atoms with E-state index < -0.39 is 12.0 Å². The first kappa shape index (κ1) is 17.7. The van der Waals surface area contributed by atoms with E-state index in [2.05, 4.69) is 22.0 Å². The van der Waals surface area contributed by atoms with Gasteiger partial charge in [-0.25, -0.2) is 9.48 Å². The van der Waals surface area contributed by atoms with Crippen LogP contribution in [0, 0.1) is 0 Å². The van der Waals surface area contributed by atoms with Crippen LogP contribution in [0.2, 0.25) is 0 Å². The van der Waals surface area contributed by atoms with Crippen molar-refractivity contribution in [1.29, 1.82) is 0 Å². The summed E-state index contributed by atoms with van der Waals surface area (Å²) in [5.41, 5.74) is 1.98. The van der Waals surface area contributed by atoms with E-state index in [1.54, 1.807) is 4.68 Å². The van der Waals surface area contributed by atoms with E-state index in [0.717, 1.165) is 12.0 Å². The molecule has 3 rings (SSSR count). The molecule has 1 unspecified atom stereocenters. The molecule has 0 amide bonds. The Morgan fingerprint density at radius 1 is 1.42 bits per heavy atom. The zero-order valence-corrected chi connectivity index (χ0v) is 14.9. The molecule has 7 nitrogen and oxygen atoms in total. The van der Waals surface area contributed by atoms with Crippen molar-refractivity contribution in [1.82, 2.24) is 14.8 Å². The van der Waals surface area contributed by atoms with Gasteiger partial charge in [-0.1, -0.05) is 37.8 Å². The van der Waals surface area contributed by atoms with E-state index in [9.17, 15) is 4.79 Å². The van der Waals surface area contributed by atoms with Gasteiger partial charge in [0.2, 0.25) is 5.95 Å². The smallest absolute Gasteiger partial charge is 0.338 e. The second kappa shape index (κ2) is 7.86. The lowest BCUT2D eigenvalue weighted by Gasteiger charge is -2.29. The number of benzene rings is 1. The highest BCUT2D eigenvalue weighted by Gasteiger charge is 2.35. The number of nitrogens with zero attached hydrogens (tertiary/aromatic N) is 3. The molecule has 1 aliphatic heterocycles. The summed E-state index contributed by atoms with van der Waals surface area (Å²) in [6.45, 7) is 8.19. The Hall–Kier alpha value is -3.09. The average molecular weight is 354 g/mol. The lowest BCUT2D eigenvalue weighted by atomic mass is 9.95. The first-order chi connectivity index (χ1) is 12.7. The first-order valence-corrected chi connectivity index (χ1v) is 8.54. The van der Waals surface area contributed by atoms with Crippen LogP contribution in [0.3, 0.4) is 0 Å². The zero-order valence-electron chi connectivity index (χ0n) is 14.9. The monoisotopic (exact) mass is 354 g/mol. The molecule has 1 atom stereocenters. The summed E-state index contributed by atoms with van der Waals surface area (Å²) in [7, 11) is 0. The van der Waals surface area contributed by atoms with Gasteiger partial charge < -0.3 is 14.8 Å². The highest BCUT2D eigenvalue weighted by molar-refractivity contribution is 5.92. The van der Waals surface area contributed by atoms with Crippen molar-refractivity contribution in [2.45, 2.75) is 26.3 Å². The second-order valence-electron chi connectivity index (χ2n) is 5.87. The molecule has 1 N–H and O–H groups in total. The van der Waals surface area contributed by atoms with Crippen molar-refractivity contribution in [3.8, 4) is 5.75 Å². The fourth-order valence-corrected chi connectivity index (χ4v) is 2.91. The normalized spacial score (nSPS) is 15.8. The Morgan fingerprint density at radius 2 is 2.23 bits per heavy atom. The summed E-state index contributed by atoms with van der Waals surface area (Å²) >= 11 is 0.